The van der Waals surface area contributed by atoms with Crippen molar-refractivity contribution >= 4 is 11.0 Å². The summed E-state index contributed by atoms with van der Waals surface area (Å²) in [6.07, 6.45) is -16.1. The van der Waals surface area contributed by atoms with Crippen LogP contribution in [0.15, 0.2) is 27.4 Å². The SMILES string of the molecule is Cc1cc(=O)c2c(O[C@@H]3O[C@H](CO[C@@H]4O[C@H](CO)[C@@H](O)[C@H](O)[C@H]4O)[C@@H](O)[C@H](O)[C@H]3O)cc(O)cc2o1. The predicted octanol–water partition coefficient (Wildman–Crippen LogP) is -3.19. The first-order valence-corrected chi connectivity index (χ1v) is 11.1. The number of aryl methyl sites for hydroxylation is 1. The van der Waals surface area contributed by atoms with Gasteiger partial charge in [0, 0.05) is 18.2 Å². The Balaban J connectivity index is 1.52. The zero-order chi connectivity index (χ0) is 26.3. The van der Waals surface area contributed by atoms with E-state index in [0.29, 0.717) is 0 Å². The second-order valence-corrected chi connectivity index (χ2v) is 8.70. The number of benzene rings is 1. The van der Waals surface area contributed by atoms with Crippen molar-refractivity contribution in [2.75, 3.05) is 13.2 Å². The van der Waals surface area contributed by atoms with E-state index in [-0.39, 0.29) is 28.2 Å². The smallest absolute Gasteiger partial charge is 0.229 e. The maximum Gasteiger partial charge on any atom is 0.229 e. The van der Waals surface area contributed by atoms with E-state index in [1.807, 2.05) is 0 Å². The van der Waals surface area contributed by atoms with Crippen LogP contribution in [0, 0.1) is 6.92 Å². The van der Waals surface area contributed by atoms with Crippen molar-refractivity contribution in [3.05, 3.63) is 34.2 Å². The largest absolute Gasteiger partial charge is 0.508 e. The van der Waals surface area contributed by atoms with Crippen LogP contribution in [0.2, 0.25) is 0 Å². The van der Waals surface area contributed by atoms with Gasteiger partial charge in [0.15, 0.2) is 11.7 Å². The Bertz CT molecular complexity index is 1110. The van der Waals surface area contributed by atoms with Gasteiger partial charge in [0.1, 0.15) is 77.1 Å². The highest BCUT2D eigenvalue weighted by molar-refractivity contribution is 5.85. The highest BCUT2D eigenvalue weighted by atomic mass is 16.7. The Morgan fingerprint density at radius 3 is 2.11 bits per heavy atom. The number of aromatic hydroxyl groups is 1. The van der Waals surface area contributed by atoms with E-state index in [0.717, 1.165) is 6.07 Å². The second kappa shape index (κ2) is 10.5. The van der Waals surface area contributed by atoms with E-state index < -0.39 is 80.1 Å². The molecule has 10 atom stereocenters. The van der Waals surface area contributed by atoms with Crippen molar-refractivity contribution in [1.29, 1.82) is 0 Å². The number of fused-ring (bicyclic) bond motifs is 1. The summed E-state index contributed by atoms with van der Waals surface area (Å²) in [6, 6.07) is 3.48. The number of phenols is 1. The van der Waals surface area contributed by atoms with E-state index in [2.05, 4.69) is 0 Å². The normalized spacial score (nSPS) is 37.2. The highest BCUT2D eigenvalue weighted by Gasteiger charge is 2.48. The molecule has 0 saturated carbocycles. The fourth-order valence-corrected chi connectivity index (χ4v) is 4.12. The van der Waals surface area contributed by atoms with Gasteiger partial charge >= 0.3 is 0 Å². The molecule has 2 aliphatic heterocycles. The van der Waals surface area contributed by atoms with E-state index in [1.54, 1.807) is 0 Å². The molecule has 2 aromatic rings. The Kier molecular flexibility index (Phi) is 7.82. The molecular formula is C22H28O14. The van der Waals surface area contributed by atoms with Crippen molar-refractivity contribution < 1.29 is 64.2 Å². The lowest BCUT2D eigenvalue weighted by molar-refractivity contribution is -0.323. The molecule has 1 aromatic carbocycles. The summed E-state index contributed by atoms with van der Waals surface area (Å²) < 4.78 is 27.2. The minimum Gasteiger partial charge on any atom is -0.508 e. The Labute approximate surface area is 203 Å². The molecule has 0 amide bonds. The van der Waals surface area contributed by atoms with Crippen LogP contribution in [0.25, 0.3) is 11.0 Å². The predicted molar refractivity (Wildman–Crippen MR) is 116 cm³/mol. The summed E-state index contributed by atoms with van der Waals surface area (Å²) in [5.74, 6) is -0.262. The molecule has 14 nitrogen and oxygen atoms in total. The zero-order valence-corrected chi connectivity index (χ0v) is 18.9. The first kappa shape index (κ1) is 26.7. The summed E-state index contributed by atoms with van der Waals surface area (Å²) in [6.45, 7) is 0.298. The molecule has 0 unspecified atom stereocenters. The van der Waals surface area contributed by atoms with Gasteiger partial charge in [0.25, 0.3) is 0 Å². The van der Waals surface area contributed by atoms with Crippen LogP contribution in [0.4, 0.5) is 0 Å². The summed E-state index contributed by atoms with van der Waals surface area (Å²) in [5.41, 5.74) is -0.500. The lowest BCUT2D eigenvalue weighted by Crippen LogP contribution is -2.62. The Morgan fingerprint density at radius 1 is 0.833 bits per heavy atom. The number of phenolic OH excluding ortho intramolecular Hbond substituents is 1. The summed E-state index contributed by atoms with van der Waals surface area (Å²) in [5, 5.41) is 80.2. The van der Waals surface area contributed by atoms with Crippen molar-refractivity contribution in [3.63, 3.8) is 0 Å². The van der Waals surface area contributed by atoms with Crippen molar-refractivity contribution in [3.8, 4) is 11.5 Å². The van der Waals surface area contributed by atoms with Gasteiger partial charge in [-0.1, -0.05) is 0 Å². The number of aliphatic hydroxyl groups is 7. The van der Waals surface area contributed by atoms with Crippen LogP contribution < -0.4 is 10.2 Å². The minimum absolute atomic E-state index is 0.00313. The van der Waals surface area contributed by atoms with Gasteiger partial charge < -0.3 is 64.2 Å². The molecular weight excluding hydrogens is 488 g/mol. The fraction of sp³-hybridized carbons (Fsp3) is 0.591. The van der Waals surface area contributed by atoms with Gasteiger partial charge in [0.2, 0.25) is 6.29 Å². The molecule has 1 aromatic heterocycles. The fourth-order valence-electron chi connectivity index (χ4n) is 4.12. The van der Waals surface area contributed by atoms with E-state index >= 15 is 0 Å². The number of aliphatic hydroxyl groups excluding tert-OH is 7. The van der Waals surface area contributed by atoms with Gasteiger partial charge in [0.05, 0.1) is 13.2 Å². The third kappa shape index (κ3) is 5.05. The average molecular weight is 516 g/mol. The van der Waals surface area contributed by atoms with E-state index in [1.165, 1.54) is 19.1 Å². The van der Waals surface area contributed by atoms with Crippen molar-refractivity contribution in [2.24, 2.45) is 0 Å². The third-order valence-corrected chi connectivity index (χ3v) is 6.09. The first-order chi connectivity index (χ1) is 17.0. The summed E-state index contributed by atoms with van der Waals surface area (Å²) in [4.78, 5) is 12.5. The molecule has 4 rings (SSSR count). The lowest BCUT2D eigenvalue weighted by Gasteiger charge is -2.42. The monoisotopic (exact) mass is 516 g/mol. The molecule has 0 spiro atoms. The molecule has 8 N–H and O–H groups in total. The average Bonchev–Trinajstić information content (AvgIpc) is 2.82. The topological polar surface area (TPSA) is 229 Å². The molecule has 3 heterocycles. The maximum absolute atomic E-state index is 12.5. The highest BCUT2D eigenvalue weighted by Crippen LogP contribution is 2.32. The van der Waals surface area contributed by atoms with Crippen LogP contribution in [0.1, 0.15) is 5.76 Å². The molecule has 2 fully saturated rings. The number of ether oxygens (including phenoxy) is 4. The van der Waals surface area contributed by atoms with Crippen molar-refractivity contribution in [1.82, 2.24) is 0 Å². The molecule has 2 saturated heterocycles. The Hall–Kier alpha value is -2.37. The maximum atomic E-state index is 12.5. The lowest BCUT2D eigenvalue weighted by atomic mass is 9.98. The van der Waals surface area contributed by atoms with Crippen LogP contribution in [-0.2, 0) is 14.2 Å². The van der Waals surface area contributed by atoms with Gasteiger partial charge in [-0.15, -0.1) is 0 Å². The van der Waals surface area contributed by atoms with Gasteiger partial charge in [-0.25, -0.2) is 0 Å². The molecule has 0 aliphatic carbocycles. The van der Waals surface area contributed by atoms with Crippen LogP contribution in [0.5, 0.6) is 11.5 Å². The third-order valence-electron chi connectivity index (χ3n) is 6.09. The van der Waals surface area contributed by atoms with Gasteiger partial charge in [-0.2, -0.15) is 0 Å². The van der Waals surface area contributed by atoms with E-state index in [9.17, 15) is 45.6 Å². The standard InChI is InChI=1S/C22H28O14/c1-7-2-9(25)14-10(33-7)3-8(24)4-11(14)34-22-20(31)18(29)16(27)13(36-22)6-32-21-19(30)17(28)15(26)12(5-23)35-21/h2-4,12-13,15-24,26-31H,5-6H2,1H3/t12-,13-,15-,16-,17+,18+,19-,20-,21-,22-/m1/s1. The van der Waals surface area contributed by atoms with Crippen LogP contribution >= 0.6 is 0 Å². The molecule has 0 radical (unpaired) electrons. The number of rotatable bonds is 6. The minimum atomic E-state index is -1.80. The summed E-state index contributed by atoms with van der Waals surface area (Å²) in [7, 11) is 0. The Morgan fingerprint density at radius 2 is 1.44 bits per heavy atom. The molecule has 14 heteroatoms. The molecule has 200 valence electrons. The van der Waals surface area contributed by atoms with E-state index in [4.69, 9.17) is 23.4 Å². The van der Waals surface area contributed by atoms with Crippen molar-refractivity contribution in [2.45, 2.75) is 68.3 Å². The zero-order valence-electron chi connectivity index (χ0n) is 18.9. The molecule has 0 bridgehead atoms. The van der Waals surface area contributed by atoms with Crippen LogP contribution in [0.3, 0.4) is 0 Å². The molecule has 36 heavy (non-hydrogen) atoms. The van der Waals surface area contributed by atoms with Gasteiger partial charge in [-0.3, -0.25) is 4.79 Å². The number of hydrogen-bond donors (Lipinski definition) is 8. The second-order valence-electron chi connectivity index (χ2n) is 8.70. The first-order valence-electron chi connectivity index (χ1n) is 11.1. The number of hydrogen-bond acceptors (Lipinski definition) is 14. The summed E-state index contributed by atoms with van der Waals surface area (Å²) >= 11 is 0. The van der Waals surface area contributed by atoms with Crippen LogP contribution in [-0.4, -0.2) is 115 Å². The van der Waals surface area contributed by atoms with Gasteiger partial charge in [-0.05, 0) is 6.92 Å². The molecule has 2 aliphatic rings. The quantitative estimate of drug-likeness (QED) is 0.189.